The molecule has 0 aromatic heterocycles. The fourth-order valence-electron chi connectivity index (χ4n) is 2.45. The van der Waals surface area contributed by atoms with Gasteiger partial charge in [0.05, 0.1) is 0 Å². The van der Waals surface area contributed by atoms with Gasteiger partial charge in [-0.3, -0.25) is 0 Å². The molecule has 0 aliphatic heterocycles. The van der Waals surface area contributed by atoms with E-state index in [-0.39, 0.29) is 0 Å². The third kappa shape index (κ3) is 5.00. The first-order chi connectivity index (χ1) is 12.1. The van der Waals surface area contributed by atoms with E-state index < -0.39 is 0 Å². The number of hydrogen-bond donors (Lipinski definition) is 1. The van der Waals surface area contributed by atoms with Gasteiger partial charge in [-0.2, -0.15) is 0 Å². The molecule has 2 nitrogen and oxygen atoms in total. The standard InChI is InChI=1S/C21H19BrClNO/c1-15-20(23)3-2-4-21(15)24-13-16-7-11-19(12-8-16)25-14-17-5-9-18(22)10-6-17/h2-12,24H,13-14H2,1H3. The van der Waals surface area contributed by atoms with Crippen LogP contribution in [0.25, 0.3) is 0 Å². The molecule has 0 radical (unpaired) electrons. The Balaban J connectivity index is 1.55. The van der Waals surface area contributed by atoms with E-state index in [1.54, 1.807) is 0 Å². The zero-order valence-corrected chi connectivity index (χ0v) is 16.3. The van der Waals surface area contributed by atoms with E-state index in [2.05, 4.69) is 45.5 Å². The molecular formula is C21H19BrClNO. The lowest BCUT2D eigenvalue weighted by Crippen LogP contribution is -2.01. The molecule has 1 N–H and O–H groups in total. The van der Waals surface area contributed by atoms with Crippen molar-refractivity contribution >= 4 is 33.2 Å². The summed E-state index contributed by atoms with van der Waals surface area (Å²) in [6, 6.07) is 22.2. The highest BCUT2D eigenvalue weighted by Gasteiger charge is 2.02. The topological polar surface area (TPSA) is 21.3 Å². The van der Waals surface area contributed by atoms with Crippen molar-refractivity contribution in [3.63, 3.8) is 0 Å². The lowest BCUT2D eigenvalue weighted by atomic mass is 10.1. The largest absolute Gasteiger partial charge is 0.489 e. The Kier molecular flexibility index (Phi) is 6.00. The SMILES string of the molecule is Cc1c(Cl)cccc1NCc1ccc(OCc2ccc(Br)cc2)cc1. The molecule has 0 saturated carbocycles. The predicted molar refractivity (Wildman–Crippen MR) is 108 cm³/mol. The average Bonchev–Trinajstić information content (AvgIpc) is 2.63. The summed E-state index contributed by atoms with van der Waals surface area (Å²) < 4.78 is 6.90. The minimum atomic E-state index is 0.562. The summed E-state index contributed by atoms with van der Waals surface area (Å²) in [5, 5.41) is 4.20. The Morgan fingerprint density at radius 3 is 2.32 bits per heavy atom. The van der Waals surface area contributed by atoms with E-state index in [0.29, 0.717) is 6.61 Å². The highest BCUT2D eigenvalue weighted by molar-refractivity contribution is 9.10. The van der Waals surface area contributed by atoms with E-state index in [9.17, 15) is 0 Å². The lowest BCUT2D eigenvalue weighted by molar-refractivity contribution is 0.306. The maximum atomic E-state index is 6.15. The summed E-state index contributed by atoms with van der Waals surface area (Å²) in [5.74, 6) is 0.866. The van der Waals surface area contributed by atoms with E-state index in [1.165, 1.54) is 5.56 Å². The Morgan fingerprint density at radius 1 is 0.920 bits per heavy atom. The quantitative estimate of drug-likeness (QED) is 0.488. The second-order valence-corrected chi connectivity index (χ2v) is 7.15. The van der Waals surface area contributed by atoms with Crippen LogP contribution in [0.1, 0.15) is 16.7 Å². The highest BCUT2D eigenvalue weighted by Crippen LogP contribution is 2.24. The second-order valence-electron chi connectivity index (χ2n) is 5.83. The molecule has 0 aliphatic rings. The summed E-state index contributed by atoms with van der Waals surface area (Å²) in [6.45, 7) is 3.32. The summed E-state index contributed by atoms with van der Waals surface area (Å²) in [5.41, 5.74) is 4.46. The van der Waals surface area contributed by atoms with Crippen molar-refractivity contribution < 1.29 is 4.74 Å². The number of halogens is 2. The fourth-order valence-corrected chi connectivity index (χ4v) is 2.89. The van der Waals surface area contributed by atoms with Gasteiger partial charge >= 0.3 is 0 Å². The number of nitrogens with one attached hydrogen (secondary N) is 1. The molecule has 0 saturated heterocycles. The minimum absolute atomic E-state index is 0.562. The van der Waals surface area contributed by atoms with E-state index in [1.807, 2.05) is 49.4 Å². The third-order valence-corrected chi connectivity index (χ3v) is 4.93. The first-order valence-electron chi connectivity index (χ1n) is 8.07. The van der Waals surface area contributed by atoms with Crippen LogP contribution in [0, 0.1) is 6.92 Å². The highest BCUT2D eigenvalue weighted by atomic mass is 79.9. The van der Waals surface area contributed by atoms with Gasteiger partial charge in [0.15, 0.2) is 0 Å². The predicted octanol–water partition coefficient (Wildman–Crippen LogP) is 6.60. The molecule has 0 fully saturated rings. The molecule has 25 heavy (non-hydrogen) atoms. The summed E-state index contributed by atoms with van der Waals surface area (Å²) in [4.78, 5) is 0. The summed E-state index contributed by atoms with van der Waals surface area (Å²) in [7, 11) is 0. The molecule has 128 valence electrons. The minimum Gasteiger partial charge on any atom is -0.489 e. The third-order valence-electron chi connectivity index (χ3n) is 3.99. The fraction of sp³-hybridized carbons (Fsp3) is 0.143. The van der Waals surface area contributed by atoms with Crippen molar-refractivity contribution in [2.75, 3.05) is 5.32 Å². The van der Waals surface area contributed by atoms with Gasteiger partial charge in [-0.1, -0.05) is 57.9 Å². The van der Waals surface area contributed by atoms with Crippen LogP contribution in [0.4, 0.5) is 5.69 Å². The summed E-state index contributed by atoms with van der Waals surface area (Å²) in [6.07, 6.45) is 0. The van der Waals surface area contributed by atoms with Crippen LogP contribution in [0.15, 0.2) is 71.2 Å². The Hall–Kier alpha value is -1.97. The molecule has 0 heterocycles. The first-order valence-corrected chi connectivity index (χ1v) is 9.24. The van der Waals surface area contributed by atoms with Crippen LogP contribution < -0.4 is 10.1 Å². The lowest BCUT2D eigenvalue weighted by Gasteiger charge is -2.11. The van der Waals surface area contributed by atoms with Crippen LogP contribution in [0.2, 0.25) is 5.02 Å². The zero-order valence-electron chi connectivity index (χ0n) is 13.9. The Bertz CT molecular complexity index is 832. The van der Waals surface area contributed by atoms with Gasteiger partial charge in [0, 0.05) is 21.7 Å². The van der Waals surface area contributed by atoms with Crippen molar-refractivity contribution in [2.45, 2.75) is 20.1 Å². The van der Waals surface area contributed by atoms with Crippen LogP contribution in [0.5, 0.6) is 5.75 Å². The smallest absolute Gasteiger partial charge is 0.119 e. The maximum Gasteiger partial charge on any atom is 0.119 e. The van der Waals surface area contributed by atoms with Crippen molar-refractivity contribution in [1.29, 1.82) is 0 Å². The van der Waals surface area contributed by atoms with E-state index in [0.717, 1.165) is 38.6 Å². The van der Waals surface area contributed by atoms with E-state index >= 15 is 0 Å². The van der Waals surface area contributed by atoms with Gasteiger partial charge in [0.25, 0.3) is 0 Å². The number of anilines is 1. The Morgan fingerprint density at radius 2 is 1.60 bits per heavy atom. The van der Waals surface area contributed by atoms with Gasteiger partial charge in [0.2, 0.25) is 0 Å². The molecule has 0 amide bonds. The van der Waals surface area contributed by atoms with Crippen molar-refractivity contribution in [3.05, 3.63) is 92.9 Å². The van der Waals surface area contributed by atoms with Gasteiger partial charge in [-0.05, 0) is 60.0 Å². The maximum absolute atomic E-state index is 6.15. The van der Waals surface area contributed by atoms with Gasteiger partial charge in [-0.25, -0.2) is 0 Å². The number of ether oxygens (including phenoxy) is 1. The summed E-state index contributed by atoms with van der Waals surface area (Å²) >= 11 is 9.59. The van der Waals surface area contributed by atoms with Gasteiger partial charge in [0.1, 0.15) is 12.4 Å². The first kappa shape index (κ1) is 17.8. The van der Waals surface area contributed by atoms with Crippen molar-refractivity contribution in [2.24, 2.45) is 0 Å². The number of rotatable bonds is 6. The monoisotopic (exact) mass is 415 g/mol. The molecule has 3 rings (SSSR count). The molecular weight excluding hydrogens is 398 g/mol. The normalized spacial score (nSPS) is 10.5. The molecule has 3 aromatic carbocycles. The van der Waals surface area contributed by atoms with Gasteiger partial charge < -0.3 is 10.1 Å². The van der Waals surface area contributed by atoms with Crippen LogP contribution in [-0.4, -0.2) is 0 Å². The molecule has 0 bridgehead atoms. The van der Waals surface area contributed by atoms with Crippen molar-refractivity contribution in [1.82, 2.24) is 0 Å². The van der Waals surface area contributed by atoms with Crippen LogP contribution in [0.3, 0.4) is 0 Å². The number of benzene rings is 3. The van der Waals surface area contributed by atoms with Crippen LogP contribution >= 0.6 is 27.5 Å². The molecule has 0 aliphatic carbocycles. The van der Waals surface area contributed by atoms with Crippen molar-refractivity contribution in [3.8, 4) is 5.75 Å². The molecule has 0 spiro atoms. The van der Waals surface area contributed by atoms with Gasteiger partial charge in [-0.15, -0.1) is 0 Å². The van der Waals surface area contributed by atoms with Crippen LogP contribution in [-0.2, 0) is 13.2 Å². The number of hydrogen-bond acceptors (Lipinski definition) is 2. The second kappa shape index (κ2) is 8.41. The zero-order chi connectivity index (χ0) is 17.6. The molecule has 0 atom stereocenters. The Labute approximate surface area is 161 Å². The molecule has 0 unspecified atom stereocenters. The van der Waals surface area contributed by atoms with E-state index in [4.69, 9.17) is 16.3 Å². The molecule has 4 heteroatoms. The molecule has 3 aromatic rings. The average molecular weight is 417 g/mol.